The second-order valence-corrected chi connectivity index (χ2v) is 8.05. The van der Waals surface area contributed by atoms with Gasteiger partial charge in [-0.1, -0.05) is 25.5 Å². The second-order valence-electron chi connectivity index (χ2n) is 8.05. The van der Waals surface area contributed by atoms with Crippen LogP contribution in [-0.4, -0.2) is 38.3 Å². The summed E-state index contributed by atoms with van der Waals surface area (Å²) in [4.78, 5) is 29.1. The van der Waals surface area contributed by atoms with Crippen molar-refractivity contribution in [2.75, 3.05) is 6.54 Å². The summed E-state index contributed by atoms with van der Waals surface area (Å²) in [5.74, 6) is 1.17. The molecule has 0 saturated carbocycles. The van der Waals surface area contributed by atoms with Gasteiger partial charge in [-0.15, -0.1) is 0 Å². The highest BCUT2D eigenvalue weighted by atomic mass is 16.2. The van der Waals surface area contributed by atoms with Crippen molar-refractivity contribution in [3.63, 3.8) is 0 Å². The molecule has 4 rings (SSSR count). The zero-order valence-electron chi connectivity index (χ0n) is 16.9. The van der Waals surface area contributed by atoms with E-state index >= 15 is 0 Å². The number of benzene rings is 1. The van der Waals surface area contributed by atoms with Gasteiger partial charge in [-0.05, 0) is 44.9 Å². The molecule has 3 heterocycles. The molecule has 1 amide bonds. The van der Waals surface area contributed by atoms with E-state index in [1.165, 1.54) is 0 Å². The molecule has 1 aromatic carbocycles. The maximum atomic E-state index is 13.4. The van der Waals surface area contributed by atoms with Crippen LogP contribution < -0.4 is 0 Å². The summed E-state index contributed by atoms with van der Waals surface area (Å²) in [6, 6.07) is 8.25. The molecule has 0 N–H and O–H groups in total. The quantitative estimate of drug-likeness (QED) is 0.664. The third kappa shape index (κ3) is 3.37. The molecular formula is C23H26N4O. The highest BCUT2D eigenvalue weighted by Crippen LogP contribution is 2.28. The summed E-state index contributed by atoms with van der Waals surface area (Å²) in [5, 5.41) is 0.910. The molecule has 0 bridgehead atoms. The fourth-order valence-corrected chi connectivity index (χ4v) is 3.82. The molecular weight excluding hydrogens is 348 g/mol. The fraction of sp³-hybridized carbons (Fsp3) is 0.391. The molecule has 1 aliphatic rings. The Bertz CT molecular complexity index is 1030. The lowest BCUT2D eigenvalue weighted by atomic mass is 10.0. The van der Waals surface area contributed by atoms with Crippen LogP contribution in [0.3, 0.4) is 0 Å². The maximum Gasteiger partial charge on any atom is 0.254 e. The summed E-state index contributed by atoms with van der Waals surface area (Å²) in [6.07, 6.45) is 5.73. The van der Waals surface area contributed by atoms with Crippen LogP contribution in [0.25, 0.3) is 22.2 Å². The molecule has 0 unspecified atom stereocenters. The van der Waals surface area contributed by atoms with Gasteiger partial charge < -0.3 is 4.90 Å². The number of fused-ring (bicyclic) bond motifs is 1. The van der Waals surface area contributed by atoms with E-state index in [1.54, 1.807) is 12.4 Å². The first-order valence-electron chi connectivity index (χ1n) is 9.98. The van der Waals surface area contributed by atoms with Gasteiger partial charge in [0.15, 0.2) is 0 Å². The number of hydrogen-bond donors (Lipinski definition) is 0. The Hall–Kier alpha value is -2.82. The highest BCUT2D eigenvalue weighted by molar-refractivity contribution is 6.07. The van der Waals surface area contributed by atoms with Crippen molar-refractivity contribution in [1.29, 1.82) is 0 Å². The topological polar surface area (TPSA) is 59.0 Å². The van der Waals surface area contributed by atoms with Crippen molar-refractivity contribution in [3.05, 3.63) is 53.6 Å². The Morgan fingerprint density at radius 2 is 1.93 bits per heavy atom. The van der Waals surface area contributed by atoms with Crippen LogP contribution in [0.4, 0.5) is 0 Å². The lowest BCUT2D eigenvalue weighted by molar-refractivity contribution is 0.0749. The number of carbonyl (C=O) groups is 1. The molecule has 144 valence electrons. The zero-order valence-corrected chi connectivity index (χ0v) is 16.9. The van der Waals surface area contributed by atoms with E-state index in [-0.39, 0.29) is 17.9 Å². The highest BCUT2D eigenvalue weighted by Gasteiger charge is 2.27. The lowest BCUT2D eigenvalue weighted by Crippen LogP contribution is -2.33. The van der Waals surface area contributed by atoms with Crippen LogP contribution in [0, 0.1) is 6.92 Å². The molecule has 1 aliphatic heterocycles. The smallest absolute Gasteiger partial charge is 0.254 e. The number of rotatable bonds is 3. The van der Waals surface area contributed by atoms with E-state index in [4.69, 9.17) is 4.98 Å². The van der Waals surface area contributed by atoms with Crippen molar-refractivity contribution in [3.8, 4) is 11.3 Å². The minimum atomic E-state index is 0.0870. The minimum Gasteiger partial charge on any atom is -0.336 e. The largest absolute Gasteiger partial charge is 0.336 e. The first kappa shape index (κ1) is 18.5. The number of amides is 1. The average molecular weight is 374 g/mol. The van der Waals surface area contributed by atoms with Gasteiger partial charge in [-0.3, -0.25) is 4.79 Å². The molecule has 5 nitrogen and oxygen atoms in total. The molecule has 1 fully saturated rings. The maximum absolute atomic E-state index is 13.4. The third-order valence-electron chi connectivity index (χ3n) is 5.49. The van der Waals surface area contributed by atoms with E-state index in [0.29, 0.717) is 5.56 Å². The standard InChI is InChI=1S/C23H26N4O/c1-14(2)22-24-12-17(13-25-22)21-11-19(23(28)27-9-5-6-16(27)4)18-10-15(3)7-8-20(18)26-21/h7-8,10-14,16H,5-6,9H2,1-4H3/t16-/m1/s1. The minimum absolute atomic E-state index is 0.0870. The Morgan fingerprint density at radius 1 is 1.18 bits per heavy atom. The van der Waals surface area contributed by atoms with Crippen LogP contribution >= 0.6 is 0 Å². The number of carbonyl (C=O) groups excluding carboxylic acids is 1. The van der Waals surface area contributed by atoms with Gasteiger partial charge in [0.25, 0.3) is 5.91 Å². The lowest BCUT2D eigenvalue weighted by Gasteiger charge is -2.22. The summed E-state index contributed by atoms with van der Waals surface area (Å²) in [7, 11) is 0. The van der Waals surface area contributed by atoms with Crippen molar-refractivity contribution < 1.29 is 4.79 Å². The van der Waals surface area contributed by atoms with E-state index in [2.05, 4.69) is 36.8 Å². The molecule has 0 aliphatic carbocycles. The van der Waals surface area contributed by atoms with Gasteiger partial charge in [-0.25, -0.2) is 15.0 Å². The monoisotopic (exact) mass is 374 g/mol. The van der Waals surface area contributed by atoms with E-state index in [9.17, 15) is 4.79 Å². The first-order valence-corrected chi connectivity index (χ1v) is 9.98. The van der Waals surface area contributed by atoms with Crippen LogP contribution in [0.2, 0.25) is 0 Å². The van der Waals surface area contributed by atoms with Crippen LogP contribution in [-0.2, 0) is 0 Å². The number of aryl methyl sites for hydroxylation is 1. The molecule has 5 heteroatoms. The van der Waals surface area contributed by atoms with E-state index in [1.807, 2.05) is 30.0 Å². The Kier molecular flexibility index (Phi) is 4.84. The third-order valence-corrected chi connectivity index (χ3v) is 5.49. The number of nitrogens with zero attached hydrogens (tertiary/aromatic N) is 4. The Balaban J connectivity index is 1.85. The summed E-state index contributed by atoms with van der Waals surface area (Å²) in [6.45, 7) is 9.12. The Morgan fingerprint density at radius 3 is 2.57 bits per heavy atom. The van der Waals surface area contributed by atoms with E-state index < -0.39 is 0 Å². The molecule has 0 spiro atoms. The van der Waals surface area contributed by atoms with Gasteiger partial charge in [0.05, 0.1) is 16.8 Å². The van der Waals surface area contributed by atoms with Gasteiger partial charge in [0, 0.05) is 41.8 Å². The van der Waals surface area contributed by atoms with Crippen LogP contribution in [0.5, 0.6) is 0 Å². The van der Waals surface area contributed by atoms with Gasteiger partial charge >= 0.3 is 0 Å². The number of pyridine rings is 1. The van der Waals surface area contributed by atoms with E-state index in [0.717, 1.165) is 52.9 Å². The van der Waals surface area contributed by atoms with Gasteiger partial charge in [0.2, 0.25) is 0 Å². The molecule has 0 radical (unpaired) electrons. The number of aromatic nitrogens is 3. The van der Waals surface area contributed by atoms with Crippen LogP contribution in [0.15, 0.2) is 36.7 Å². The first-order chi connectivity index (χ1) is 13.4. The predicted octanol–water partition coefficient (Wildman–Crippen LogP) is 4.75. The SMILES string of the molecule is Cc1ccc2nc(-c3cnc(C(C)C)nc3)cc(C(=O)N3CCC[C@H]3C)c2c1. The van der Waals surface area contributed by atoms with Gasteiger partial charge in [0.1, 0.15) is 5.82 Å². The predicted molar refractivity (Wildman–Crippen MR) is 111 cm³/mol. The molecule has 3 aromatic rings. The summed E-state index contributed by atoms with van der Waals surface area (Å²) < 4.78 is 0. The van der Waals surface area contributed by atoms with Crippen molar-refractivity contribution in [2.24, 2.45) is 0 Å². The Labute approximate surface area is 165 Å². The summed E-state index contributed by atoms with van der Waals surface area (Å²) >= 11 is 0. The van der Waals surface area contributed by atoms with Crippen LogP contribution in [0.1, 0.15) is 61.3 Å². The molecule has 1 saturated heterocycles. The zero-order chi connectivity index (χ0) is 19.8. The van der Waals surface area contributed by atoms with Crippen molar-refractivity contribution in [1.82, 2.24) is 19.9 Å². The second kappa shape index (κ2) is 7.30. The normalized spacial score (nSPS) is 16.9. The molecule has 2 aromatic heterocycles. The number of hydrogen-bond acceptors (Lipinski definition) is 4. The van der Waals surface area contributed by atoms with Gasteiger partial charge in [-0.2, -0.15) is 0 Å². The van der Waals surface area contributed by atoms with Crippen molar-refractivity contribution >= 4 is 16.8 Å². The fourth-order valence-electron chi connectivity index (χ4n) is 3.82. The average Bonchev–Trinajstić information content (AvgIpc) is 3.12. The summed E-state index contributed by atoms with van der Waals surface area (Å²) in [5.41, 5.74) is 4.23. The van der Waals surface area contributed by atoms with Crippen molar-refractivity contribution in [2.45, 2.75) is 52.5 Å². The molecule has 28 heavy (non-hydrogen) atoms. The molecule has 1 atom stereocenters. The number of likely N-dealkylation sites (tertiary alicyclic amines) is 1.